The quantitative estimate of drug-likeness (QED) is 0.653. The average molecular weight is 374 g/mol. The first kappa shape index (κ1) is 18.8. The molecule has 0 spiro atoms. The molecule has 0 aliphatic carbocycles. The summed E-state index contributed by atoms with van der Waals surface area (Å²) in [5.74, 6) is 0.599. The van der Waals surface area contributed by atoms with Crippen LogP contribution in [0.25, 0.3) is 11.0 Å². The smallest absolute Gasteiger partial charge is 0.387 e. The second-order valence-electron chi connectivity index (χ2n) is 6.23. The molecular weight excluding hydrogens is 354 g/mol. The fourth-order valence-electron chi connectivity index (χ4n) is 2.71. The second-order valence-corrected chi connectivity index (χ2v) is 6.23. The van der Waals surface area contributed by atoms with Crippen LogP contribution in [0.3, 0.4) is 0 Å². The molecule has 0 saturated heterocycles. The third-order valence-corrected chi connectivity index (χ3v) is 4.27. The lowest BCUT2D eigenvalue weighted by molar-refractivity contribution is -0.117. The van der Waals surface area contributed by atoms with E-state index in [-0.39, 0.29) is 24.2 Å². The first-order valence-electron chi connectivity index (χ1n) is 8.46. The summed E-state index contributed by atoms with van der Waals surface area (Å²) in [5.41, 5.74) is 1.31. The molecule has 1 N–H and O–H groups in total. The van der Waals surface area contributed by atoms with Gasteiger partial charge in [-0.1, -0.05) is 18.2 Å². The Morgan fingerprint density at radius 2 is 1.89 bits per heavy atom. The number of likely N-dealkylation sites (N-methyl/N-ethyl adjacent to an activating group) is 1. The highest BCUT2D eigenvalue weighted by Crippen LogP contribution is 2.26. The lowest BCUT2D eigenvalue weighted by atomic mass is 10.2. The minimum atomic E-state index is -2.88. The number of halogens is 2. The zero-order valence-corrected chi connectivity index (χ0v) is 15.0. The van der Waals surface area contributed by atoms with E-state index in [1.54, 1.807) is 0 Å². The van der Waals surface area contributed by atoms with Crippen molar-refractivity contribution in [2.45, 2.75) is 19.6 Å². The molecule has 3 aromatic rings. The number of amides is 1. The highest BCUT2D eigenvalue weighted by molar-refractivity contribution is 5.92. The van der Waals surface area contributed by atoms with E-state index >= 15 is 0 Å². The summed E-state index contributed by atoms with van der Waals surface area (Å²) in [6, 6.07) is 15.4. The molecule has 0 bridgehead atoms. The van der Waals surface area contributed by atoms with Crippen molar-refractivity contribution >= 4 is 22.6 Å². The Balaban J connectivity index is 1.58. The van der Waals surface area contributed by atoms with Crippen LogP contribution >= 0.6 is 0 Å². The van der Waals surface area contributed by atoms with Crippen LogP contribution in [-0.2, 0) is 4.79 Å². The molecule has 2 aromatic carbocycles. The highest BCUT2D eigenvalue weighted by atomic mass is 19.3. The van der Waals surface area contributed by atoms with Gasteiger partial charge in [0.15, 0.2) is 0 Å². The minimum absolute atomic E-state index is 0.0404. The number of para-hydroxylation sites is 1. The molecule has 1 atom stereocenters. The standard InChI is InChI=1S/C20H20F2N2O3/c1-13(18-11-14-5-3-4-6-17(14)27-18)24(2)12-19(25)23-15-7-9-16(10-8-15)26-20(21)22/h3-11,13,20H,12H2,1-2H3,(H,23,25). The van der Waals surface area contributed by atoms with Crippen LogP contribution in [0.1, 0.15) is 18.7 Å². The summed E-state index contributed by atoms with van der Waals surface area (Å²) in [6.45, 7) is -0.770. The number of furan rings is 1. The highest BCUT2D eigenvalue weighted by Gasteiger charge is 2.18. The molecule has 1 heterocycles. The number of carbonyl (C=O) groups is 1. The van der Waals surface area contributed by atoms with Crippen LogP contribution in [0.2, 0.25) is 0 Å². The number of benzene rings is 2. The normalized spacial score (nSPS) is 12.5. The Morgan fingerprint density at radius 3 is 2.56 bits per heavy atom. The van der Waals surface area contributed by atoms with Gasteiger partial charge in [-0.05, 0) is 50.4 Å². The summed E-state index contributed by atoms with van der Waals surface area (Å²) in [6.07, 6.45) is 0. The lowest BCUT2D eigenvalue weighted by Crippen LogP contribution is -2.32. The minimum Gasteiger partial charge on any atom is -0.459 e. The van der Waals surface area contributed by atoms with Crippen molar-refractivity contribution in [2.24, 2.45) is 0 Å². The number of hydrogen-bond donors (Lipinski definition) is 1. The zero-order chi connectivity index (χ0) is 19.4. The van der Waals surface area contributed by atoms with Gasteiger partial charge in [0.25, 0.3) is 0 Å². The third-order valence-electron chi connectivity index (χ3n) is 4.27. The van der Waals surface area contributed by atoms with Crippen molar-refractivity contribution in [3.63, 3.8) is 0 Å². The summed E-state index contributed by atoms with van der Waals surface area (Å²) in [5, 5.41) is 3.75. The van der Waals surface area contributed by atoms with Gasteiger partial charge < -0.3 is 14.5 Å². The average Bonchev–Trinajstić information content (AvgIpc) is 3.06. The molecule has 5 nitrogen and oxygen atoms in total. The second kappa shape index (κ2) is 8.18. The Kier molecular flexibility index (Phi) is 5.71. The molecule has 0 radical (unpaired) electrons. The number of alkyl halides is 2. The van der Waals surface area contributed by atoms with Crippen molar-refractivity contribution in [1.82, 2.24) is 4.90 Å². The van der Waals surface area contributed by atoms with E-state index in [0.29, 0.717) is 5.69 Å². The van der Waals surface area contributed by atoms with E-state index in [2.05, 4.69) is 10.1 Å². The van der Waals surface area contributed by atoms with Crippen LogP contribution < -0.4 is 10.1 Å². The van der Waals surface area contributed by atoms with Gasteiger partial charge >= 0.3 is 6.61 Å². The lowest BCUT2D eigenvalue weighted by Gasteiger charge is -2.22. The van der Waals surface area contributed by atoms with Gasteiger partial charge in [-0.3, -0.25) is 9.69 Å². The van der Waals surface area contributed by atoms with Gasteiger partial charge in [0.05, 0.1) is 12.6 Å². The fraction of sp³-hybridized carbons (Fsp3) is 0.250. The van der Waals surface area contributed by atoms with E-state index in [1.807, 2.05) is 49.2 Å². The third kappa shape index (κ3) is 4.83. The van der Waals surface area contributed by atoms with E-state index in [9.17, 15) is 13.6 Å². The SMILES string of the molecule is CC(c1cc2ccccc2o1)N(C)CC(=O)Nc1ccc(OC(F)F)cc1. The maximum atomic E-state index is 12.3. The Hall–Kier alpha value is -2.93. The van der Waals surface area contributed by atoms with E-state index in [0.717, 1.165) is 16.7 Å². The number of fused-ring (bicyclic) bond motifs is 1. The van der Waals surface area contributed by atoms with E-state index in [1.165, 1.54) is 24.3 Å². The van der Waals surface area contributed by atoms with Crippen LogP contribution in [0, 0.1) is 0 Å². The Labute approximate surface area is 155 Å². The van der Waals surface area contributed by atoms with Gasteiger partial charge in [-0.25, -0.2) is 0 Å². The summed E-state index contributed by atoms with van der Waals surface area (Å²) < 4.78 is 34.4. The molecular formula is C20H20F2N2O3. The molecule has 0 fully saturated rings. The van der Waals surface area contributed by atoms with Crippen molar-refractivity contribution in [1.29, 1.82) is 0 Å². The number of nitrogens with zero attached hydrogens (tertiary/aromatic N) is 1. The zero-order valence-electron chi connectivity index (χ0n) is 15.0. The number of rotatable bonds is 7. The predicted octanol–water partition coefficient (Wildman–Crippen LogP) is 4.67. The van der Waals surface area contributed by atoms with Crippen molar-refractivity contribution in [3.8, 4) is 5.75 Å². The molecule has 7 heteroatoms. The largest absolute Gasteiger partial charge is 0.459 e. The molecule has 0 aliphatic rings. The number of carbonyl (C=O) groups excluding carboxylic acids is 1. The molecule has 1 amide bonds. The van der Waals surface area contributed by atoms with Crippen molar-refractivity contribution in [3.05, 3.63) is 60.4 Å². The Bertz CT molecular complexity index is 876. The predicted molar refractivity (Wildman–Crippen MR) is 99.0 cm³/mol. The summed E-state index contributed by atoms with van der Waals surface area (Å²) >= 11 is 0. The van der Waals surface area contributed by atoms with Gasteiger partial charge in [-0.15, -0.1) is 0 Å². The monoisotopic (exact) mass is 374 g/mol. The number of ether oxygens (including phenoxy) is 1. The first-order chi connectivity index (χ1) is 12.9. The molecule has 0 aliphatic heterocycles. The Morgan fingerprint density at radius 1 is 1.19 bits per heavy atom. The van der Waals surface area contributed by atoms with Crippen LogP contribution in [0.15, 0.2) is 59.0 Å². The van der Waals surface area contributed by atoms with Gasteiger partial charge in [-0.2, -0.15) is 8.78 Å². The van der Waals surface area contributed by atoms with Gasteiger partial charge in [0, 0.05) is 11.1 Å². The maximum absolute atomic E-state index is 12.3. The fourth-order valence-corrected chi connectivity index (χ4v) is 2.71. The number of anilines is 1. The van der Waals surface area contributed by atoms with Crippen molar-refractivity contribution in [2.75, 3.05) is 18.9 Å². The summed E-state index contributed by atoms with van der Waals surface area (Å²) in [4.78, 5) is 14.1. The number of nitrogens with one attached hydrogen (secondary N) is 1. The van der Waals surface area contributed by atoms with Gasteiger partial charge in [0.1, 0.15) is 17.1 Å². The molecule has 3 rings (SSSR count). The molecule has 0 saturated carbocycles. The maximum Gasteiger partial charge on any atom is 0.387 e. The molecule has 1 unspecified atom stereocenters. The van der Waals surface area contributed by atoms with Crippen LogP contribution in [-0.4, -0.2) is 31.0 Å². The molecule has 1 aromatic heterocycles. The van der Waals surface area contributed by atoms with E-state index < -0.39 is 6.61 Å². The first-order valence-corrected chi connectivity index (χ1v) is 8.46. The van der Waals surface area contributed by atoms with Crippen molar-refractivity contribution < 1.29 is 22.7 Å². The van der Waals surface area contributed by atoms with E-state index in [4.69, 9.17) is 4.42 Å². The molecule has 27 heavy (non-hydrogen) atoms. The number of hydrogen-bond acceptors (Lipinski definition) is 4. The van der Waals surface area contributed by atoms with Crippen LogP contribution in [0.5, 0.6) is 5.75 Å². The topological polar surface area (TPSA) is 54.7 Å². The van der Waals surface area contributed by atoms with Gasteiger partial charge in [0.2, 0.25) is 5.91 Å². The summed E-state index contributed by atoms with van der Waals surface area (Å²) in [7, 11) is 1.83. The molecule has 142 valence electrons. The van der Waals surface area contributed by atoms with Crippen LogP contribution in [0.4, 0.5) is 14.5 Å².